The van der Waals surface area contributed by atoms with Gasteiger partial charge in [0.2, 0.25) is 0 Å². The number of nitrogens with zero attached hydrogens (tertiary/aromatic N) is 1. The lowest BCUT2D eigenvalue weighted by Gasteiger charge is -2.12. The predicted octanol–water partition coefficient (Wildman–Crippen LogP) is 1.21. The maximum absolute atomic E-state index is 4.15. The molecule has 0 aromatic carbocycles. The van der Waals surface area contributed by atoms with Gasteiger partial charge in [0.1, 0.15) is 0 Å². The average molecular weight is 173 g/mol. The minimum atomic E-state index is 0.973. The van der Waals surface area contributed by atoms with Gasteiger partial charge in [0.15, 0.2) is 0 Å². The van der Waals surface area contributed by atoms with Gasteiger partial charge in [-0.3, -0.25) is 4.98 Å². The molecule has 0 amide bonds. The van der Waals surface area contributed by atoms with Crippen molar-refractivity contribution in [1.82, 2.24) is 15.3 Å². The maximum Gasteiger partial charge on any atom is 0.0490 e. The lowest BCUT2D eigenvalue weighted by molar-refractivity contribution is 0.640. The first-order chi connectivity index (χ1) is 6.45. The summed E-state index contributed by atoms with van der Waals surface area (Å²) in [6.45, 7) is 2.05. The Morgan fingerprint density at radius 2 is 2.38 bits per heavy atom. The van der Waals surface area contributed by atoms with Crippen molar-refractivity contribution in [1.29, 1.82) is 0 Å². The second kappa shape index (κ2) is 2.57. The molecule has 3 nitrogen and oxygen atoms in total. The monoisotopic (exact) mass is 173 g/mol. The van der Waals surface area contributed by atoms with Crippen LogP contribution in [0, 0.1) is 0 Å². The van der Waals surface area contributed by atoms with Gasteiger partial charge in [0, 0.05) is 48.5 Å². The van der Waals surface area contributed by atoms with E-state index in [9.17, 15) is 0 Å². The molecular formula is C10H11N3. The van der Waals surface area contributed by atoms with Crippen molar-refractivity contribution in [2.45, 2.75) is 13.0 Å². The molecule has 66 valence electrons. The third-order valence-electron chi connectivity index (χ3n) is 2.65. The van der Waals surface area contributed by atoms with Crippen LogP contribution in [0.1, 0.15) is 11.3 Å². The van der Waals surface area contributed by atoms with Crippen LogP contribution < -0.4 is 5.32 Å². The summed E-state index contributed by atoms with van der Waals surface area (Å²) in [5, 5.41) is 4.64. The van der Waals surface area contributed by atoms with Gasteiger partial charge in [-0.1, -0.05) is 0 Å². The average Bonchev–Trinajstić information content (AvgIpc) is 2.56. The van der Waals surface area contributed by atoms with E-state index in [1.165, 1.54) is 22.2 Å². The number of aromatic nitrogens is 2. The van der Waals surface area contributed by atoms with Crippen LogP contribution >= 0.6 is 0 Å². The van der Waals surface area contributed by atoms with Gasteiger partial charge < -0.3 is 10.3 Å². The molecule has 3 heterocycles. The third kappa shape index (κ3) is 0.971. The molecule has 0 saturated heterocycles. The first kappa shape index (κ1) is 7.09. The van der Waals surface area contributed by atoms with Crippen LogP contribution in [0.4, 0.5) is 0 Å². The molecule has 13 heavy (non-hydrogen) atoms. The number of hydrogen-bond acceptors (Lipinski definition) is 2. The molecule has 3 rings (SSSR count). The van der Waals surface area contributed by atoms with Crippen molar-refractivity contribution in [3.63, 3.8) is 0 Å². The molecule has 1 aliphatic rings. The molecule has 0 aliphatic carbocycles. The number of H-pyrrole nitrogens is 1. The summed E-state index contributed by atoms with van der Waals surface area (Å²) < 4.78 is 0. The fourth-order valence-electron chi connectivity index (χ4n) is 1.99. The minimum Gasteiger partial charge on any atom is -0.358 e. The Labute approximate surface area is 76.2 Å². The summed E-state index contributed by atoms with van der Waals surface area (Å²) in [6.07, 6.45) is 4.87. The molecule has 0 radical (unpaired) electrons. The number of nitrogens with one attached hydrogen (secondary N) is 2. The highest BCUT2D eigenvalue weighted by Gasteiger charge is 2.13. The second-order valence-electron chi connectivity index (χ2n) is 3.43. The van der Waals surface area contributed by atoms with Crippen molar-refractivity contribution >= 4 is 10.9 Å². The number of fused-ring (bicyclic) bond motifs is 3. The molecule has 0 saturated carbocycles. The fourth-order valence-corrected chi connectivity index (χ4v) is 1.99. The van der Waals surface area contributed by atoms with Crippen LogP contribution in [0.15, 0.2) is 18.5 Å². The van der Waals surface area contributed by atoms with E-state index in [4.69, 9.17) is 0 Å². The summed E-state index contributed by atoms with van der Waals surface area (Å²) in [5.41, 5.74) is 3.99. The van der Waals surface area contributed by atoms with E-state index in [0.717, 1.165) is 19.5 Å². The van der Waals surface area contributed by atoms with Gasteiger partial charge in [-0.15, -0.1) is 0 Å². The minimum absolute atomic E-state index is 0.973. The predicted molar refractivity (Wildman–Crippen MR) is 51.5 cm³/mol. The zero-order valence-electron chi connectivity index (χ0n) is 7.30. The summed E-state index contributed by atoms with van der Waals surface area (Å²) in [4.78, 5) is 7.58. The van der Waals surface area contributed by atoms with Crippen molar-refractivity contribution in [2.75, 3.05) is 6.54 Å². The van der Waals surface area contributed by atoms with E-state index in [1.54, 1.807) is 0 Å². The Bertz CT molecular complexity index is 444. The molecule has 0 spiro atoms. The third-order valence-corrected chi connectivity index (χ3v) is 2.65. The molecule has 3 heteroatoms. The number of aromatic amines is 1. The van der Waals surface area contributed by atoms with Gasteiger partial charge in [0.25, 0.3) is 0 Å². The Hall–Kier alpha value is -1.35. The number of rotatable bonds is 0. The lowest BCUT2D eigenvalue weighted by atomic mass is 10.1. The SMILES string of the molecule is c1cc2[nH]c3c(c2cn1)CNCC3. The first-order valence-electron chi connectivity index (χ1n) is 4.59. The highest BCUT2D eigenvalue weighted by atomic mass is 14.9. The van der Waals surface area contributed by atoms with Crippen LogP contribution in [-0.4, -0.2) is 16.5 Å². The molecule has 0 fully saturated rings. The first-order valence-corrected chi connectivity index (χ1v) is 4.59. The van der Waals surface area contributed by atoms with Crippen molar-refractivity contribution in [3.8, 4) is 0 Å². The Kier molecular flexibility index (Phi) is 1.40. The molecule has 2 N–H and O–H groups in total. The van der Waals surface area contributed by atoms with Gasteiger partial charge >= 0.3 is 0 Å². The van der Waals surface area contributed by atoms with E-state index < -0.39 is 0 Å². The number of hydrogen-bond donors (Lipinski definition) is 2. The van der Waals surface area contributed by atoms with E-state index >= 15 is 0 Å². The van der Waals surface area contributed by atoms with Crippen LogP contribution in [0.3, 0.4) is 0 Å². The van der Waals surface area contributed by atoms with Crippen LogP contribution in [-0.2, 0) is 13.0 Å². The molecular weight excluding hydrogens is 162 g/mol. The standard InChI is InChI=1S/C10H11N3/c1-3-11-5-7-8-6-12-4-2-10(8)13-9(1)7/h1,3,5,12-13H,2,4,6H2. The lowest BCUT2D eigenvalue weighted by Crippen LogP contribution is -2.22. The molecule has 2 aromatic heterocycles. The zero-order chi connectivity index (χ0) is 8.67. The molecule has 2 aromatic rings. The van der Waals surface area contributed by atoms with Gasteiger partial charge in [-0.2, -0.15) is 0 Å². The summed E-state index contributed by atoms with van der Waals surface area (Å²) in [6, 6.07) is 2.04. The van der Waals surface area contributed by atoms with E-state index in [-0.39, 0.29) is 0 Å². The summed E-state index contributed by atoms with van der Waals surface area (Å²) in [7, 11) is 0. The van der Waals surface area contributed by atoms with Gasteiger partial charge in [0.05, 0.1) is 0 Å². The number of pyridine rings is 1. The highest BCUT2D eigenvalue weighted by Crippen LogP contribution is 2.23. The van der Waals surface area contributed by atoms with Crippen molar-refractivity contribution in [3.05, 3.63) is 29.7 Å². The summed E-state index contributed by atoms with van der Waals surface area (Å²) in [5.74, 6) is 0. The maximum atomic E-state index is 4.15. The largest absolute Gasteiger partial charge is 0.358 e. The smallest absolute Gasteiger partial charge is 0.0490 e. The van der Waals surface area contributed by atoms with Crippen LogP contribution in [0.25, 0.3) is 10.9 Å². The quantitative estimate of drug-likeness (QED) is 0.628. The summed E-state index contributed by atoms with van der Waals surface area (Å²) >= 11 is 0. The molecule has 0 bridgehead atoms. The van der Waals surface area contributed by atoms with Crippen LogP contribution in [0.5, 0.6) is 0 Å². The van der Waals surface area contributed by atoms with Crippen molar-refractivity contribution in [2.24, 2.45) is 0 Å². The fraction of sp³-hybridized carbons (Fsp3) is 0.300. The van der Waals surface area contributed by atoms with Crippen LogP contribution in [0.2, 0.25) is 0 Å². The van der Waals surface area contributed by atoms with E-state index in [0.29, 0.717) is 0 Å². The van der Waals surface area contributed by atoms with E-state index in [1.807, 2.05) is 18.5 Å². The van der Waals surface area contributed by atoms with Gasteiger partial charge in [-0.05, 0) is 11.6 Å². The second-order valence-corrected chi connectivity index (χ2v) is 3.43. The Morgan fingerprint density at radius 3 is 3.38 bits per heavy atom. The highest BCUT2D eigenvalue weighted by molar-refractivity contribution is 5.83. The van der Waals surface area contributed by atoms with E-state index in [2.05, 4.69) is 15.3 Å². The Balaban J connectivity index is 2.34. The normalized spacial score (nSPS) is 16.0. The zero-order valence-corrected chi connectivity index (χ0v) is 7.30. The Morgan fingerprint density at radius 1 is 1.38 bits per heavy atom. The molecule has 0 atom stereocenters. The molecule has 0 unspecified atom stereocenters. The molecule has 1 aliphatic heterocycles. The van der Waals surface area contributed by atoms with Crippen molar-refractivity contribution < 1.29 is 0 Å². The van der Waals surface area contributed by atoms with Gasteiger partial charge in [-0.25, -0.2) is 0 Å². The topological polar surface area (TPSA) is 40.7 Å².